The maximum Gasteiger partial charge on any atom is 0.243 e. The third-order valence-corrected chi connectivity index (χ3v) is 2.46. The third kappa shape index (κ3) is 3.10. The number of anilines is 1. The van der Waals surface area contributed by atoms with Crippen molar-refractivity contribution in [2.75, 3.05) is 5.32 Å². The first-order valence-electron chi connectivity index (χ1n) is 5.76. The standard InChI is InChI=1S/C12H17N5/c1-8(13)7-9(2)14-12-15-10-5-3-4-6-11(10)16-17-12/h3-6,8-9H,7,13H2,1-2H3,(H,14,15,17). The van der Waals surface area contributed by atoms with Crippen LogP contribution in [0.2, 0.25) is 0 Å². The van der Waals surface area contributed by atoms with Crippen LogP contribution < -0.4 is 11.1 Å². The van der Waals surface area contributed by atoms with Crippen molar-refractivity contribution in [1.29, 1.82) is 0 Å². The predicted molar refractivity (Wildman–Crippen MR) is 68.7 cm³/mol. The molecule has 5 heteroatoms. The number of hydrogen-bond donors (Lipinski definition) is 2. The van der Waals surface area contributed by atoms with E-state index in [-0.39, 0.29) is 12.1 Å². The summed E-state index contributed by atoms with van der Waals surface area (Å²) in [6, 6.07) is 8.07. The van der Waals surface area contributed by atoms with Gasteiger partial charge in [0.2, 0.25) is 5.95 Å². The second-order valence-electron chi connectivity index (χ2n) is 4.38. The van der Waals surface area contributed by atoms with Gasteiger partial charge in [-0.2, -0.15) is 0 Å². The van der Waals surface area contributed by atoms with Gasteiger partial charge < -0.3 is 11.1 Å². The van der Waals surface area contributed by atoms with E-state index in [4.69, 9.17) is 5.73 Å². The van der Waals surface area contributed by atoms with Gasteiger partial charge in [0.15, 0.2) is 0 Å². The molecule has 1 heterocycles. The van der Waals surface area contributed by atoms with E-state index in [1.807, 2.05) is 31.2 Å². The molecule has 0 bridgehead atoms. The molecule has 3 N–H and O–H groups in total. The number of para-hydroxylation sites is 1. The molecule has 17 heavy (non-hydrogen) atoms. The number of nitrogens with two attached hydrogens (primary N) is 1. The van der Waals surface area contributed by atoms with Gasteiger partial charge in [-0.25, -0.2) is 4.98 Å². The van der Waals surface area contributed by atoms with Gasteiger partial charge in [0.25, 0.3) is 0 Å². The molecule has 5 nitrogen and oxygen atoms in total. The predicted octanol–water partition coefficient (Wildman–Crippen LogP) is 1.56. The van der Waals surface area contributed by atoms with Crippen molar-refractivity contribution in [3.8, 4) is 0 Å². The number of rotatable bonds is 4. The molecular formula is C12H17N5. The normalized spacial score (nSPS) is 14.5. The molecule has 0 saturated heterocycles. The highest BCUT2D eigenvalue weighted by Crippen LogP contribution is 2.10. The van der Waals surface area contributed by atoms with Crippen molar-refractivity contribution in [3.05, 3.63) is 24.3 Å². The summed E-state index contributed by atoms with van der Waals surface area (Å²) in [5.41, 5.74) is 7.39. The Morgan fingerprint density at radius 3 is 2.59 bits per heavy atom. The molecule has 2 unspecified atom stereocenters. The lowest BCUT2D eigenvalue weighted by atomic mass is 10.1. The van der Waals surface area contributed by atoms with Crippen LogP contribution >= 0.6 is 0 Å². The maximum atomic E-state index is 5.74. The fraction of sp³-hybridized carbons (Fsp3) is 0.417. The molecule has 1 aromatic carbocycles. The maximum absolute atomic E-state index is 5.74. The quantitative estimate of drug-likeness (QED) is 0.835. The molecule has 0 amide bonds. The molecule has 2 aromatic rings. The van der Waals surface area contributed by atoms with E-state index in [1.165, 1.54) is 0 Å². The van der Waals surface area contributed by atoms with Gasteiger partial charge in [-0.05, 0) is 32.4 Å². The third-order valence-electron chi connectivity index (χ3n) is 2.46. The molecule has 0 fully saturated rings. The van der Waals surface area contributed by atoms with Gasteiger partial charge in [-0.3, -0.25) is 0 Å². The average Bonchev–Trinajstić information content (AvgIpc) is 2.27. The smallest absolute Gasteiger partial charge is 0.243 e. The highest BCUT2D eigenvalue weighted by atomic mass is 15.2. The van der Waals surface area contributed by atoms with Gasteiger partial charge in [-0.15, -0.1) is 10.2 Å². The Kier molecular flexibility index (Phi) is 3.49. The topological polar surface area (TPSA) is 76.7 Å². The summed E-state index contributed by atoms with van der Waals surface area (Å²) in [7, 11) is 0. The summed E-state index contributed by atoms with van der Waals surface area (Å²) in [4.78, 5) is 4.40. The number of aromatic nitrogens is 3. The SMILES string of the molecule is CC(N)CC(C)Nc1nnc2ccccc2n1. The highest BCUT2D eigenvalue weighted by Gasteiger charge is 2.07. The van der Waals surface area contributed by atoms with E-state index in [0.717, 1.165) is 17.5 Å². The van der Waals surface area contributed by atoms with Crippen LogP contribution in [0.5, 0.6) is 0 Å². The fourth-order valence-corrected chi connectivity index (χ4v) is 1.78. The van der Waals surface area contributed by atoms with Crippen LogP contribution in [0.25, 0.3) is 11.0 Å². The van der Waals surface area contributed by atoms with Crippen LogP contribution in [-0.2, 0) is 0 Å². The second-order valence-corrected chi connectivity index (χ2v) is 4.38. The summed E-state index contributed by atoms with van der Waals surface area (Å²) in [6.07, 6.45) is 0.871. The number of nitrogens with zero attached hydrogens (tertiary/aromatic N) is 3. The fourth-order valence-electron chi connectivity index (χ4n) is 1.78. The van der Waals surface area contributed by atoms with Crippen LogP contribution in [0.3, 0.4) is 0 Å². The van der Waals surface area contributed by atoms with Gasteiger partial charge >= 0.3 is 0 Å². The van der Waals surface area contributed by atoms with Gasteiger partial charge in [0.05, 0.1) is 5.52 Å². The lowest BCUT2D eigenvalue weighted by Crippen LogP contribution is -2.27. The average molecular weight is 231 g/mol. The molecule has 0 aliphatic heterocycles. The summed E-state index contributed by atoms with van der Waals surface area (Å²) in [5, 5.41) is 11.3. The summed E-state index contributed by atoms with van der Waals surface area (Å²) in [6.45, 7) is 4.04. The van der Waals surface area contributed by atoms with Crippen LogP contribution in [0.15, 0.2) is 24.3 Å². The number of hydrogen-bond acceptors (Lipinski definition) is 5. The largest absolute Gasteiger partial charge is 0.350 e. The molecule has 90 valence electrons. The van der Waals surface area contributed by atoms with Crippen molar-refractivity contribution in [1.82, 2.24) is 15.2 Å². The molecule has 0 spiro atoms. The van der Waals surface area contributed by atoms with Crippen LogP contribution in [-0.4, -0.2) is 27.3 Å². The minimum Gasteiger partial charge on any atom is -0.350 e. The summed E-state index contributed by atoms with van der Waals surface area (Å²) in [5.74, 6) is 0.553. The zero-order valence-corrected chi connectivity index (χ0v) is 10.1. The van der Waals surface area contributed by atoms with Gasteiger partial charge in [-0.1, -0.05) is 12.1 Å². The molecule has 0 saturated carbocycles. The van der Waals surface area contributed by atoms with Crippen LogP contribution in [0.1, 0.15) is 20.3 Å². The molecule has 0 aliphatic carbocycles. The van der Waals surface area contributed by atoms with Crippen molar-refractivity contribution in [2.45, 2.75) is 32.4 Å². The molecular weight excluding hydrogens is 214 g/mol. The number of benzene rings is 1. The zero-order chi connectivity index (χ0) is 12.3. The lowest BCUT2D eigenvalue weighted by Gasteiger charge is -2.15. The van der Waals surface area contributed by atoms with E-state index >= 15 is 0 Å². The van der Waals surface area contributed by atoms with Crippen molar-refractivity contribution in [3.63, 3.8) is 0 Å². The van der Waals surface area contributed by atoms with E-state index < -0.39 is 0 Å². The molecule has 1 aromatic heterocycles. The van der Waals surface area contributed by atoms with E-state index in [2.05, 4.69) is 27.4 Å². The first-order chi connectivity index (χ1) is 8.15. The Labute approximate surface area is 100 Å². The second kappa shape index (κ2) is 5.05. The number of fused-ring (bicyclic) bond motifs is 1. The van der Waals surface area contributed by atoms with E-state index in [9.17, 15) is 0 Å². The van der Waals surface area contributed by atoms with Crippen LogP contribution in [0.4, 0.5) is 5.95 Å². The molecule has 2 atom stereocenters. The van der Waals surface area contributed by atoms with Crippen molar-refractivity contribution < 1.29 is 0 Å². The number of nitrogens with one attached hydrogen (secondary N) is 1. The molecule has 0 aliphatic rings. The van der Waals surface area contributed by atoms with E-state index in [1.54, 1.807) is 0 Å². The van der Waals surface area contributed by atoms with Gasteiger partial charge in [0.1, 0.15) is 5.52 Å². The minimum absolute atomic E-state index is 0.158. The first kappa shape index (κ1) is 11.7. The van der Waals surface area contributed by atoms with Gasteiger partial charge in [0, 0.05) is 12.1 Å². The summed E-state index contributed by atoms with van der Waals surface area (Å²) < 4.78 is 0. The van der Waals surface area contributed by atoms with E-state index in [0.29, 0.717) is 5.95 Å². The Morgan fingerprint density at radius 2 is 1.88 bits per heavy atom. The monoisotopic (exact) mass is 231 g/mol. The Hall–Kier alpha value is -1.75. The lowest BCUT2D eigenvalue weighted by molar-refractivity contribution is 0.601. The summed E-state index contributed by atoms with van der Waals surface area (Å²) >= 11 is 0. The first-order valence-corrected chi connectivity index (χ1v) is 5.76. The highest BCUT2D eigenvalue weighted by molar-refractivity contribution is 5.74. The van der Waals surface area contributed by atoms with Crippen LogP contribution in [0, 0.1) is 0 Å². The Morgan fingerprint density at radius 1 is 1.18 bits per heavy atom. The van der Waals surface area contributed by atoms with Crippen molar-refractivity contribution in [2.24, 2.45) is 5.73 Å². The van der Waals surface area contributed by atoms with Crippen molar-refractivity contribution >= 4 is 17.0 Å². The zero-order valence-electron chi connectivity index (χ0n) is 10.1. The molecule has 2 rings (SSSR count). The Balaban J connectivity index is 2.14. The molecule has 0 radical (unpaired) electrons. The minimum atomic E-state index is 0.158. The Bertz CT molecular complexity index is 497.